The van der Waals surface area contributed by atoms with Crippen LogP contribution in [0.1, 0.15) is 37.4 Å². The lowest BCUT2D eigenvalue weighted by atomic mass is 10.1. The molecule has 21 heavy (non-hydrogen) atoms. The predicted molar refractivity (Wildman–Crippen MR) is 89.3 cm³/mol. The highest BCUT2D eigenvalue weighted by Crippen LogP contribution is 2.29. The van der Waals surface area contributed by atoms with Gasteiger partial charge in [0.15, 0.2) is 0 Å². The molecule has 2 heterocycles. The van der Waals surface area contributed by atoms with Gasteiger partial charge in [-0.2, -0.15) is 0 Å². The maximum atomic E-state index is 10.3. The lowest BCUT2D eigenvalue weighted by Gasteiger charge is -2.26. The van der Waals surface area contributed by atoms with Gasteiger partial charge in [-0.25, -0.2) is 0 Å². The van der Waals surface area contributed by atoms with Gasteiger partial charge >= 0.3 is 0 Å². The van der Waals surface area contributed by atoms with Crippen LogP contribution in [-0.4, -0.2) is 53.7 Å². The summed E-state index contributed by atoms with van der Waals surface area (Å²) in [5.74, 6) is 0. The SMILES string of the molecule is CN1C2CCC1CN(CCC(O)c1ccc(Br)cc1)CC2. The Morgan fingerprint density at radius 1 is 1.19 bits per heavy atom. The van der Waals surface area contributed by atoms with Gasteiger partial charge < -0.3 is 10.0 Å². The van der Waals surface area contributed by atoms with Crippen molar-refractivity contribution in [3.63, 3.8) is 0 Å². The fraction of sp³-hybridized carbons (Fsp3) is 0.647. The first-order chi connectivity index (χ1) is 10.1. The third-order valence-electron chi connectivity index (χ3n) is 5.21. The van der Waals surface area contributed by atoms with Gasteiger partial charge in [-0.05, 0) is 57.0 Å². The number of aliphatic hydroxyl groups excluding tert-OH is 1. The summed E-state index contributed by atoms with van der Waals surface area (Å²) < 4.78 is 1.06. The Morgan fingerprint density at radius 3 is 2.67 bits per heavy atom. The van der Waals surface area contributed by atoms with Crippen LogP contribution in [-0.2, 0) is 0 Å². The summed E-state index contributed by atoms with van der Waals surface area (Å²) in [5.41, 5.74) is 1.02. The summed E-state index contributed by atoms with van der Waals surface area (Å²) in [7, 11) is 2.28. The van der Waals surface area contributed by atoms with Gasteiger partial charge in [0, 0.05) is 29.6 Å². The number of aliphatic hydroxyl groups is 1. The van der Waals surface area contributed by atoms with E-state index in [0.29, 0.717) is 0 Å². The van der Waals surface area contributed by atoms with Crippen molar-refractivity contribution in [3.8, 4) is 0 Å². The van der Waals surface area contributed by atoms with Gasteiger partial charge in [0.2, 0.25) is 0 Å². The number of likely N-dealkylation sites (tertiary alicyclic amines) is 1. The van der Waals surface area contributed by atoms with Crippen LogP contribution < -0.4 is 0 Å². The van der Waals surface area contributed by atoms with Crippen LogP contribution in [0.15, 0.2) is 28.7 Å². The minimum absolute atomic E-state index is 0.351. The van der Waals surface area contributed by atoms with Crippen LogP contribution in [0.25, 0.3) is 0 Å². The molecule has 3 nitrogen and oxygen atoms in total. The largest absolute Gasteiger partial charge is 0.388 e. The molecule has 2 bridgehead atoms. The summed E-state index contributed by atoms with van der Waals surface area (Å²) in [5, 5.41) is 10.3. The molecule has 0 aromatic heterocycles. The Hall–Kier alpha value is -0.420. The highest BCUT2D eigenvalue weighted by atomic mass is 79.9. The van der Waals surface area contributed by atoms with E-state index in [2.05, 4.69) is 32.8 Å². The number of halogens is 1. The first-order valence-corrected chi connectivity index (χ1v) is 8.80. The minimum Gasteiger partial charge on any atom is -0.388 e. The maximum absolute atomic E-state index is 10.3. The van der Waals surface area contributed by atoms with Crippen molar-refractivity contribution in [1.82, 2.24) is 9.80 Å². The molecular weight excluding hydrogens is 328 g/mol. The number of benzene rings is 1. The van der Waals surface area contributed by atoms with E-state index >= 15 is 0 Å². The van der Waals surface area contributed by atoms with Gasteiger partial charge in [-0.1, -0.05) is 28.1 Å². The molecule has 1 aromatic carbocycles. The van der Waals surface area contributed by atoms with Crippen molar-refractivity contribution in [2.45, 2.75) is 43.9 Å². The monoisotopic (exact) mass is 352 g/mol. The Kier molecular flexibility index (Phi) is 4.99. The number of hydrogen-bond donors (Lipinski definition) is 1. The van der Waals surface area contributed by atoms with E-state index in [0.717, 1.165) is 35.1 Å². The number of rotatable bonds is 4. The van der Waals surface area contributed by atoms with E-state index in [4.69, 9.17) is 0 Å². The third kappa shape index (κ3) is 3.67. The number of nitrogens with zero attached hydrogens (tertiary/aromatic N) is 2. The average molecular weight is 353 g/mol. The van der Waals surface area contributed by atoms with Crippen LogP contribution >= 0.6 is 15.9 Å². The molecule has 2 aliphatic heterocycles. The summed E-state index contributed by atoms with van der Waals surface area (Å²) >= 11 is 3.43. The second kappa shape index (κ2) is 6.78. The van der Waals surface area contributed by atoms with E-state index in [9.17, 15) is 5.11 Å². The molecular formula is C17H25BrN2O. The number of hydrogen-bond acceptors (Lipinski definition) is 3. The summed E-state index contributed by atoms with van der Waals surface area (Å²) in [4.78, 5) is 5.12. The fourth-order valence-corrected chi connectivity index (χ4v) is 4.00. The Morgan fingerprint density at radius 2 is 1.90 bits per heavy atom. The molecule has 0 amide bonds. The molecule has 3 atom stereocenters. The van der Waals surface area contributed by atoms with Crippen LogP contribution in [0.3, 0.4) is 0 Å². The molecule has 116 valence electrons. The summed E-state index contributed by atoms with van der Waals surface area (Å²) in [6.07, 6.45) is 4.46. The van der Waals surface area contributed by atoms with Crippen LogP contribution in [0.2, 0.25) is 0 Å². The Labute approximate surface area is 136 Å². The van der Waals surface area contributed by atoms with Crippen molar-refractivity contribution >= 4 is 15.9 Å². The van der Waals surface area contributed by atoms with Gasteiger partial charge in [0.25, 0.3) is 0 Å². The van der Waals surface area contributed by atoms with Crippen molar-refractivity contribution < 1.29 is 5.11 Å². The van der Waals surface area contributed by atoms with Crippen molar-refractivity contribution in [2.24, 2.45) is 0 Å². The zero-order valence-electron chi connectivity index (χ0n) is 12.7. The molecule has 0 saturated carbocycles. The normalized spacial score (nSPS) is 28.5. The fourth-order valence-electron chi connectivity index (χ4n) is 3.74. The minimum atomic E-state index is -0.351. The number of likely N-dealkylation sites (N-methyl/N-ethyl adjacent to an activating group) is 1. The first-order valence-electron chi connectivity index (χ1n) is 8.01. The molecule has 0 radical (unpaired) electrons. The molecule has 1 aromatic rings. The van der Waals surface area contributed by atoms with Gasteiger partial charge in [-0.15, -0.1) is 0 Å². The zero-order valence-corrected chi connectivity index (χ0v) is 14.3. The van der Waals surface area contributed by atoms with E-state index < -0.39 is 0 Å². The maximum Gasteiger partial charge on any atom is 0.0802 e. The van der Waals surface area contributed by atoms with E-state index in [1.165, 1.54) is 32.4 Å². The second-order valence-corrected chi connectivity index (χ2v) is 7.41. The number of fused-ring (bicyclic) bond motifs is 2. The quantitative estimate of drug-likeness (QED) is 0.901. The zero-order chi connectivity index (χ0) is 14.8. The van der Waals surface area contributed by atoms with Crippen LogP contribution in [0.4, 0.5) is 0 Å². The van der Waals surface area contributed by atoms with E-state index in [1.807, 2.05) is 24.3 Å². The molecule has 0 aliphatic carbocycles. The lowest BCUT2D eigenvalue weighted by Crippen LogP contribution is -2.37. The van der Waals surface area contributed by atoms with Gasteiger partial charge in [0.1, 0.15) is 0 Å². The summed E-state index contributed by atoms with van der Waals surface area (Å²) in [6.45, 7) is 3.34. The lowest BCUT2D eigenvalue weighted by molar-refractivity contribution is 0.137. The first kappa shape index (κ1) is 15.5. The summed E-state index contributed by atoms with van der Waals surface area (Å²) in [6, 6.07) is 9.52. The molecule has 4 heteroatoms. The highest BCUT2D eigenvalue weighted by Gasteiger charge is 2.34. The van der Waals surface area contributed by atoms with Gasteiger partial charge in [-0.3, -0.25) is 4.90 Å². The molecule has 0 spiro atoms. The third-order valence-corrected chi connectivity index (χ3v) is 5.73. The molecule has 2 fully saturated rings. The van der Waals surface area contributed by atoms with Crippen molar-refractivity contribution in [3.05, 3.63) is 34.3 Å². The standard InChI is InChI=1S/C17H25BrN2O/c1-19-15-6-7-16(19)12-20(10-8-15)11-9-17(21)13-2-4-14(18)5-3-13/h2-5,15-17,21H,6-12H2,1H3. The van der Waals surface area contributed by atoms with E-state index in [-0.39, 0.29) is 6.10 Å². The van der Waals surface area contributed by atoms with Crippen molar-refractivity contribution in [1.29, 1.82) is 0 Å². The molecule has 3 rings (SSSR count). The second-order valence-electron chi connectivity index (χ2n) is 6.50. The Balaban J connectivity index is 1.52. The average Bonchev–Trinajstić information content (AvgIpc) is 2.72. The highest BCUT2D eigenvalue weighted by molar-refractivity contribution is 9.10. The van der Waals surface area contributed by atoms with Gasteiger partial charge in [0.05, 0.1) is 6.10 Å². The molecule has 2 aliphatic rings. The topological polar surface area (TPSA) is 26.7 Å². The molecule has 2 saturated heterocycles. The predicted octanol–water partition coefficient (Wildman–Crippen LogP) is 3.04. The van der Waals surface area contributed by atoms with Crippen LogP contribution in [0.5, 0.6) is 0 Å². The van der Waals surface area contributed by atoms with E-state index in [1.54, 1.807) is 0 Å². The Bertz CT molecular complexity index is 464. The van der Waals surface area contributed by atoms with Crippen LogP contribution in [0, 0.1) is 0 Å². The molecule has 3 unspecified atom stereocenters. The molecule has 1 N–H and O–H groups in total. The smallest absolute Gasteiger partial charge is 0.0802 e. The van der Waals surface area contributed by atoms with Crippen molar-refractivity contribution in [2.75, 3.05) is 26.7 Å².